The monoisotopic (exact) mass is 756 g/mol. The molecule has 8 fully saturated rings. The van der Waals surface area contributed by atoms with E-state index in [1.807, 2.05) is 0 Å². The highest BCUT2D eigenvalue weighted by Gasteiger charge is 2.72. The Bertz CT molecular complexity index is 1310. The van der Waals surface area contributed by atoms with Gasteiger partial charge in [-0.25, -0.2) is 0 Å². The molecule has 53 heavy (non-hydrogen) atoms. The van der Waals surface area contributed by atoms with Crippen LogP contribution < -0.4 is 0 Å². The van der Waals surface area contributed by atoms with Gasteiger partial charge in [-0.15, -0.1) is 0 Å². The van der Waals surface area contributed by atoms with Crippen LogP contribution in [0.2, 0.25) is 0 Å². The zero-order valence-corrected chi connectivity index (χ0v) is 31.7. The second kappa shape index (κ2) is 14.1. The lowest BCUT2D eigenvalue weighted by atomic mass is 9.43. The number of hydrogen-bond donors (Lipinski definition) is 8. The van der Waals surface area contributed by atoms with Gasteiger partial charge in [-0.05, 0) is 86.9 Å². The number of ether oxygens (including phenoxy) is 6. The summed E-state index contributed by atoms with van der Waals surface area (Å²) in [6, 6.07) is 0. The summed E-state index contributed by atoms with van der Waals surface area (Å²) in [6.07, 6.45) is -9.97. The standard InChI is InChI=1S/C39H64O14/c1-16-8-9-39(48-15-16)17(2)28-25(53-39)11-22-20-7-6-19-10-24(23(41)13-37(19,4)21(20)12-27(42)38(22,28)5)50-36-34(32(46)30(44)26(14-40)51-36)52-35-33(47)31(45)29(43)18(3)49-35/h16-36,40-47H,6-15H2,1-5H3/t16-,17+,18+,19+,20-,21+,22+,23-,24-,25+,26-,27-,28+,29+,30+,31-,32+,33-,34-,35+,36-,37+,38-,39-/m1/s1. The molecule has 0 aromatic carbocycles. The average molecular weight is 757 g/mol. The first kappa shape index (κ1) is 39.3. The molecule has 8 rings (SSSR count). The highest BCUT2D eigenvalue weighted by Crippen LogP contribution is 2.71. The first-order valence-corrected chi connectivity index (χ1v) is 20.3. The van der Waals surface area contributed by atoms with E-state index in [1.165, 1.54) is 6.92 Å². The van der Waals surface area contributed by atoms with Crippen LogP contribution in [0, 0.1) is 52.3 Å². The van der Waals surface area contributed by atoms with Crippen LogP contribution in [0.5, 0.6) is 0 Å². The molecule has 24 atom stereocenters. The van der Waals surface area contributed by atoms with Gasteiger partial charge in [0.2, 0.25) is 0 Å². The van der Waals surface area contributed by atoms with Crippen molar-refractivity contribution in [2.45, 2.75) is 178 Å². The second-order valence-corrected chi connectivity index (χ2v) is 18.9. The highest BCUT2D eigenvalue weighted by molar-refractivity contribution is 5.18. The summed E-state index contributed by atoms with van der Waals surface area (Å²) in [5, 5.41) is 87.0. The van der Waals surface area contributed by atoms with E-state index >= 15 is 0 Å². The smallest absolute Gasteiger partial charge is 0.187 e. The van der Waals surface area contributed by atoms with Crippen molar-refractivity contribution in [1.82, 2.24) is 0 Å². The summed E-state index contributed by atoms with van der Waals surface area (Å²) in [5.74, 6) is 1.43. The van der Waals surface area contributed by atoms with Gasteiger partial charge in [0.15, 0.2) is 18.4 Å². The third-order valence-corrected chi connectivity index (χ3v) is 16.3. The largest absolute Gasteiger partial charge is 0.394 e. The van der Waals surface area contributed by atoms with Gasteiger partial charge < -0.3 is 69.3 Å². The maximum atomic E-state index is 12.2. The minimum absolute atomic E-state index is 0.0565. The van der Waals surface area contributed by atoms with Crippen LogP contribution >= 0.6 is 0 Å². The summed E-state index contributed by atoms with van der Waals surface area (Å²) in [5.41, 5.74) is -0.550. The van der Waals surface area contributed by atoms with E-state index in [9.17, 15) is 40.9 Å². The van der Waals surface area contributed by atoms with Crippen molar-refractivity contribution in [3.8, 4) is 0 Å². The summed E-state index contributed by atoms with van der Waals surface area (Å²) in [4.78, 5) is 0. The topological polar surface area (TPSA) is 217 Å². The Kier molecular flexibility index (Phi) is 10.4. The van der Waals surface area contributed by atoms with Crippen LogP contribution in [0.15, 0.2) is 0 Å². The molecule has 14 nitrogen and oxygen atoms in total. The van der Waals surface area contributed by atoms with Gasteiger partial charge in [0.05, 0.1) is 43.7 Å². The van der Waals surface area contributed by atoms with Crippen LogP contribution in [-0.4, -0.2) is 146 Å². The van der Waals surface area contributed by atoms with Crippen LogP contribution in [0.3, 0.4) is 0 Å². The summed E-state index contributed by atoms with van der Waals surface area (Å²) in [6.45, 7) is 10.7. The molecule has 4 saturated carbocycles. The lowest BCUT2D eigenvalue weighted by molar-refractivity contribution is -0.374. The minimum atomic E-state index is -1.68. The molecule has 4 saturated heterocycles. The molecule has 8 N–H and O–H groups in total. The van der Waals surface area contributed by atoms with E-state index in [2.05, 4.69) is 27.7 Å². The number of rotatable bonds is 5. The van der Waals surface area contributed by atoms with E-state index < -0.39 is 92.1 Å². The minimum Gasteiger partial charge on any atom is -0.394 e. The van der Waals surface area contributed by atoms with Crippen LogP contribution in [0.4, 0.5) is 0 Å². The molecule has 304 valence electrons. The van der Waals surface area contributed by atoms with Gasteiger partial charge in [0.1, 0.15) is 42.7 Å². The molecule has 0 amide bonds. The SMILES string of the molecule is C[C@@H]1CC[C@@]2(OC1)O[C@H]1C[C@H]3[C@@H]4CC[C@H]5C[C@@H](O[C@@H]6O[C@H](CO)[C@H](O)[C@H](O)[C@H]6O[C@@H]6O[C@@H](C)[C@H](O)[C@@H](O)[C@H]6O)[C@H](O)C[C@]5(C)[C@H]4C[C@@H](O)[C@]3(C)[C@H]1[C@@H]2C. The first-order valence-electron chi connectivity index (χ1n) is 20.3. The molecule has 0 unspecified atom stereocenters. The Hall–Kier alpha value is -0.560. The second-order valence-electron chi connectivity index (χ2n) is 18.9. The molecule has 4 aliphatic heterocycles. The molecule has 1 spiro atoms. The van der Waals surface area contributed by atoms with E-state index in [4.69, 9.17) is 28.4 Å². The number of hydrogen-bond acceptors (Lipinski definition) is 14. The average Bonchev–Trinajstić information content (AvgIpc) is 3.57. The predicted molar refractivity (Wildman–Crippen MR) is 184 cm³/mol. The van der Waals surface area contributed by atoms with E-state index in [0.29, 0.717) is 43.6 Å². The fourth-order valence-electron chi connectivity index (χ4n) is 13.1. The third kappa shape index (κ3) is 6.03. The molecule has 4 aliphatic carbocycles. The van der Waals surface area contributed by atoms with Crippen molar-refractivity contribution in [2.24, 2.45) is 52.3 Å². The van der Waals surface area contributed by atoms with Gasteiger partial charge in [-0.3, -0.25) is 0 Å². The molecular formula is C39H64O14. The maximum Gasteiger partial charge on any atom is 0.187 e. The Morgan fingerprint density at radius 1 is 0.755 bits per heavy atom. The summed E-state index contributed by atoms with van der Waals surface area (Å²) in [7, 11) is 0. The molecule has 8 aliphatic rings. The molecule has 0 aromatic rings. The van der Waals surface area contributed by atoms with Gasteiger partial charge in [0.25, 0.3) is 0 Å². The molecule has 0 radical (unpaired) electrons. The van der Waals surface area contributed by atoms with Crippen LogP contribution in [-0.2, 0) is 28.4 Å². The molecule has 0 bridgehead atoms. The molecular weight excluding hydrogens is 692 g/mol. The van der Waals surface area contributed by atoms with Gasteiger partial charge in [-0.2, -0.15) is 0 Å². The Balaban J connectivity index is 0.978. The van der Waals surface area contributed by atoms with Crippen molar-refractivity contribution in [3.63, 3.8) is 0 Å². The van der Waals surface area contributed by atoms with E-state index in [1.54, 1.807) is 0 Å². The number of aliphatic hydroxyl groups excluding tert-OH is 8. The Labute approximate surface area is 312 Å². The van der Waals surface area contributed by atoms with Crippen molar-refractivity contribution in [3.05, 3.63) is 0 Å². The first-order chi connectivity index (χ1) is 25.0. The van der Waals surface area contributed by atoms with Crippen molar-refractivity contribution < 1.29 is 69.3 Å². The van der Waals surface area contributed by atoms with E-state index in [0.717, 1.165) is 32.1 Å². The van der Waals surface area contributed by atoms with Gasteiger partial charge in [-0.1, -0.05) is 27.7 Å². The van der Waals surface area contributed by atoms with Crippen LogP contribution in [0.25, 0.3) is 0 Å². The quantitative estimate of drug-likeness (QED) is 0.179. The third-order valence-electron chi connectivity index (χ3n) is 16.3. The summed E-state index contributed by atoms with van der Waals surface area (Å²) < 4.78 is 37.2. The van der Waals surface area contributed by atoms with Crippen molar-refractivity contribution >= 4 is 0 Å². The molecule has 4 heterocycles. The Morgan fingerprint density at radius 2 is 1.51 bits per heavy atom. The lowest BCUT2D eigenvalue weighted by Gasteiger charge is -2.63. The number of aliphatic hydroxyl groups is 8. The maximum absolute atomic E-state index is 12.2. The summed E-state index contributed by atoms with van der Waals surface area (Å²) >= 11 is 0. The zero-order valence-electron chi connectivity index (χ0n) is 31.7. The Morgan fingerprint density at radius 3 is 2.21 bits per heavy atom. The van der Waals surface area contributed by atoms with Crippen LogP contribution in [0.1, 0.15) is 86.0 Å². The fraction of sp³-hybridized carbons (Fsp3) is 1.00. The predicted octanol–water partition coefficient (Wildman–Crippen LogP) is 0.411. The van der Waals surface area contributed by atoms with Gasteiger partial charge >= 0.3 is 0 Å². The van der Waals surface area contributed by atoms with E-state index in [-0.39, 0.29) is 40.6 Å². The molecule has 14 heteroatoms. The fourth-order valence-corrected chi connectivity index (χ4v) is 13.1. The van der Waals surface area contributed by atoms with Crippen molar-refractivity contribution in [1.29, 1.82) is 0 Å². The normalized spacial score (nSPS) is 61.0. The molecule has 0 aromatic heterocycles. The number of fused-ring (bicyclic) bond motifs is 7. The van der Waals surface area contributed by atoms with Crippen molar-refractivity contribution in [2.75, 3.05) is 13.2 Å². The lowest BCUT2D eigenvalue weighted by Crippen LogP contribution is -2.65. The highest BCUT2D eigenvalue weighted by atomic mass is 16.8. The van der Waals surface area contributed by atoms with Gasteiger partial charge in [0, 0.05) is 23.7 Å². The zero-order chi connectivity index (χ0) is 37.9.